The van der Waals surface area contributed by atoms with Crippen molar-refractivity contribution in [3.8, 4) is 22.5 Å². The van der Waals surface area contributed by atoms with Crippen molar-refractivity contribution in [2.45, 2.75) is 83.7 Å². The highest BCUT2D eigenvalue weighted by Crippen LogP contribution is 2.46. The molecule has 0 aliphatic heterocycles. The Morgan fingerprint density at radius 2 is 2.02 bits per heavy atom. The van der Waals surface area contributed by atoms with E-state index in [1.165, 1.54) is 5.56 Å². The molecule has 10 nitrogen and oxygen atoms in total. The lowest BCUT2D eigenvalue weighted by molar-refractivity contribution is 0.0921. The number of nitrogens with zero attached hydrogens (tertiary/aromatic N) is 6. The first-order chi connectivity index (χ1) is 19.8. The Bertz CT molecular complexity index is 1770. The van der Waals surface area contributed by atoms with Crippen molar-refractivity contribution in [2.75, 3.05) is 0 Å². The number of carbonyl (C=O) groups excluding carboxylic acids is 1. The highest BCUT2D eigenvalue weighted by atomic mass is 16.5. The number of nitrogens with one attached hydrogen (secondary N) is 2. The number of hydrogen-bond acceptors (Lipinski definition) is 7. The third-order valence-corrected chi connectivity index (χ3v) is 8.64. The third-order valence-electron chi connectivity index (χ3n) is 8.64. The summed E-state index contributed by atoms with van der Waals surface area (Å²) in [6.07, 6.45) is 9.62. The van der Waals surface area contributed by atoms with Crippen LogP contribution in [0.3, 0.4) is 0 Å². The second-order valence-corrected chi connectivity index (χ2v) is 12.0. The highest BCUT2D eigenvalue weighted by Gasteiger charge is 2.45. The maximum Gasteiger partial charge on any atom is 0.293 e. The molecule has 1 atom stereocenters. The van der Waals surface area contributed by atoms with E-state index < -0.39 is 0 Å². The Labute approximate surface area is 238 Å². The van der Waals surface area contributed by atoms with Gasteiger partial charge in [0.05, 0.1) is 17.8 Å². The summed E-state index contributed by atoms with van der Waals surface area (Å²) in [5.41, 5.74) is 8.02. The maximum atomic E-state index is 13.1. The summed E-state index contributed by atoms with van der Waals surface area (Å²) in [5.74, 6) is 1.14. The molecule has 10 heteroatoms. The Hall–Kier alpha value is -4.34. The summed E-state index contributed by atoms with van der Waals surface area (Å²) in [4.78, 5) is 30.4. The number of fused-ring (bicyclic) bond motifs is 2. The van der Waals surface area contributed by atoms with E-state index in [0.717, 1.165) is 83.5 Å². The molecule has 2 aliphatic carbocycles. The van der Waals surface area contributed by atoms with Crippen LogP contribution in [0, 0.1) is 6.92 Å². The van der Waals surface area contributed by atoms with Gasteiger partial charge >= 0.3 is 0 Å². The Morgan fingerprint density at radius 3 is 2.80 bits per heavy atom. The van der Waals surface area contributed by atoms with Gasteiger partial charge in [-0.25, -0.2) is 9.97 Å². The summed E-state index contributed by atoms with van der Waals surface area (Å²) in [5, 5.41) is 11.7. The van der Waals surface area contributed by atoms with Crippen molar-refractivity contribution < 1.29 is 9.32 Å². The minimum absolute atomic E-state index is 0.0702. The van der Waals surface area contributed by atoms with Crippen LogP contribution in [0.5, 0.6) is 0 Å². The Balaban J connectivity index is 1.19. The SMILES string of the molecule is Cc1c(-c2nc3c(-c4ccc5c(c4)CCCC[C@@H]5NC(=O)c4noc(C5(C)CC5)n4)ccnc3[nH]2)cnn1C(C)C. The van der Waals surface area contributed by atoms with Crippen LogP contribution in [0.25, 0.3) is 33.7 Å². The lowest BCUT2D eigenvalue weighted by Gasteiger charge is -2.19. The predicted molar refractivity (Wildman–Crippen MR) is 154 cm³/mol. The van der Waals surface area contributed by atoms with Gasteiger partial charge in [-0.3, -0.25) is 9.48 Å². The molecule has 4 heterocycles. The zero-order valence-electron chi connectivity index (χ0n) is 23.9. The minimum atomic E-state index is -0.290. The lowest BCUT2D eigenvalue weighted by atomic mass is 9.94. The molecule has 0 radical (unpaired) electrons. The van der Waals surface area contributed by atoms with Crippen molar-refractivity contribution in [3.63, 3.8) is 0 Å². The molecule has 0 bridgehead atoms. The zero-order valence-corrected chi connectivity index (χ0v) is 23.9. The van der Waals surface area contributed by atoms with Crippen molar-refractivity contribution in [1.29, 1.82) is 0 Å². The molecule has 2 N–H and O–H groups in total. The number of carbonyl (C=O) groups is 1. The van der Waals surface area contributed by atoms with Crippen LogP contribution in [-0.2, 0) is 11.8 Å². The number of aryl methyl sites for hydroxylation is 1. The minimum Gasteiger partial charge on any atom is -0.342 e. The molecule has 5 aromatic rings. The van der Waals surface area contributed by atoms with Gasteiger partial charge in [-0.15, -0.1) is 0 Å². The van der Waals surface area contributed by atoms with Gasteiger partial charge in [0.15, 0.2) is 5.65 Å². The lowest BCUT2D eigenvalue weighted by Crippen LogP contribution is -2.29. The highest BCUT2D eigenvalue weighted by molar-refractivity contribution is 5.92. The number of H-pyrrole nitrogens is 1. The predicted octanol–water partition coefficient (Wildman–Crippen LogP) is 6.01. The molecule has 2 aliphatic rings. The van der Waals surface area contributed by atoms with E-state index in [4.69, 9.17) is 9.51 Å². The number of aromatic amines is 1. The summed E-state index contributed by atoms with van der Waals surface area (Å²) >= 11 is 0. The van der Waals surface area contributed by atoms with Gasteiger partial charge < -0.3 is 14.8 Å². The van der Waals surface area contributed by atoms with Crippen molar-refractivity contribution in [3.05, 3.63) is 65.2 Å². The molecule has 0 saturated heterocycles. The zero-order chi connectivity index (χ0) is 28.3. The fourth-order valence-electron chi connectivity index (χ4n) is 5.93. The number of imidazole rings is 1. The standard InChI is InChI=1S/C31H34N8O2/c1-17(2)39-18(3)23(16-33-39)26-35-25-22(11-14-32-27(25)36-26)20-9-10-21-19(15-20)7-5-6-8-24(21)34-29(40)28-37-30(41-38-28)31(4)12-13-31/h9-11,14-17,24H,5-8,12-13H2,1-4H3,(H,34,40)(H,32,35,36)/t24-/m0/s1. The van der Waals surface area contributed by atoms with Crippen LogP contribution in [0.1, 0.15) is 98.3 Å². The van der Waals surface area contributed by atoms with Gasteiger partial charge in [0.25, 0.3) is 11.7 Å². The molecule has 210 valence electrons. The summed E-state index contributed by atoms with van der Waals surface area (Å²) in [6.45, 7) is 8.39. The van der Waals surface area contributed by atoms with Crippen LogP contribution in [0.4, 0.5) is 0 Å². The smallest absolute Gasteiger partial charge is 0.293 e. The summed E-state index contributed by atoms with van der Waals surface area (Å²) in [6, 6.07) is 8.68. The first-order valence-corrected chi connectivity index (χ1v) is 14.5. The van der Waals surface area contributed by atoms with Crippen molar-refractivity contribution >= 4 is 17.1 Å². The average Bonchev–Trinajstić information content (AvgIpc) is 3.30. The van der Waals surface area contributed by atoms with E-state index in [1.54, 1.807) is 0 Å². The Morgan fingerprint density at radius 1 is 1.17 bits per heavy atom. The fourth-order valence-corrected chi connectivity index (χ4v) is 5.93. The molecule has 4 aromatic heterocycles. The molecule has 0 spiro atoms. The molecule has 1 fully saturated rings. The van der Waals surface area contributed by atoms with Gasteiger partial charge in [-0.2, -0.15) is 10.1 Å². The van der Waals surface area contributed by atoms with E-state index in [9.17, 15) is 4.79 Å². The molecule has 1 saturated carbocycles. The number of benzene rings is 1. The van der Waals surface area contributed by atoms with Crippen molar-refractivity contribution in [1.82, 2.24) is 40.2 Å². The molecular weight excluding hydrogens is 516 g/mol. The van der Waals surface area contributed by atoms with Gasteiger partial charge in [-0.05, 0) is 75.6 Å². The van der Waals surface area contributed by atoms with Gasteiger partial charge in [-0.1, -0.05) is 36.7 Å². The number of rotatable bonds is 6. The number of hydrogen-bond donors (Lipinski definition) is 2. The maximum absolute atomic E-state index is 13.1. The fraction of sp³-hybridized carbons (Fsp3) is 0.419. The molecule has 41 heavy (non-hydrogen) atoms. The first-order valence-electron chi connectivity index (χ1n) is 14.5. The average molecular weight is 551 g/mol. The second-order valence-electron chi connectivity index (χ2n) is 12.0. The monoisotopic (exact) mass is 550 g/mol. The number of pyridine rings is 1. The molecule has 1 amide bonds. The van der Waals surface area contributed by atoms with Crippen LogP contribution in [0.2, 0.25) is 0 Å². The molecule has 7 rings (SSSR count). The number of amides is 1. The normalized spacial score (nSPS) is 17.9. The van der Waals surface area contributed by atoms with Crippen LogP contribution >= 0.6 is 0 Å². The van der Waals surface area contributed by atoms with Gasteiger partial charge in [0, 0.05) is 28.9 Å². The van der Waals surface area contributed by atoms with E-state index in [0.29, 0.717) is 5.89 Å². The summed E-state index contributed by atoms with van der Waals surface area (Å²) < 4.78 is 7.41. The van der Waals surface area contributed by atoms with E-state index in [-0.39, 0.29) is 29.2 Å². The van der Waals surface area contributed by atoms with Crippen LogP contribution < -0.4 is 5.32 Å². The van der Waals surface area contributed by atoms with Crippen LogP contribution in [-0.4, -0.2) is 40.8 Å². The second kappa shape index (κ2) is 9.64. The van der Waals surface area contributed by atoms with Crippen LogP contribution in [0.15, 0.2) is 41.2 Å². The van der Waals surface area contributed by atoms with Gasteiger partial charge in [0.2, 0.25) is 5.89 Å². The molecular formula is C31H34N8O2. The first kappa shape index (κ1) is 25.6. The quantitative estimate of drug-likeness (QED) is 0.248. The van der Waals surface area contributed by atoms with E-state index in [2.05, 4.69) is 76.4 Å². The summed E-state index contributed by atoms with van der Waals surface area (Å²) in [7, 11) is 0. The van der Waals surface area contributed by atoms with Gasteiger partial charge in [0.1, 0.15) is 11.3 Å². The number of aromatic nitrogens is 7. The molecule has 1 aromatic carbocycles. The van der Waals surface area contributed by atoms with E-state index in [1.807, 2.05) is 23.1 Å². The van der Waals surface area contributed by atoms with E-state index >= 15 is 0 Å². The topological polar surface area (TPSA) is 127 Å². The Kier molecular flexibility index (Phi) is 6.02. The largest absolute Gasteiger partial charge is 0.342 e. The third kappa shape index (κ3) is 4.51. The van der Waals surface area contributed by atoms with Crippen molar-refractivity contribution in [2.24, 2.45) is 0 Å². The molecule has 0 unspecified atom stereocenters.